The minimum Gasteiger partial charge on any atom is -0.420 e. The van der Waals surface area contributed by atoms with Crippen LogP contribution in [-0.4, -0.2) is 31.0 Å². The first-order valence-electron chi connectivity index (χ1n) is 10.8. The van der Waals surface area contributed by atoms with E-state index in [4.69, 9.17) is 16.3 Å². The summed E-state index contributed by atoms with van der Waals surface area (Å²) >= 11 is 5.93. The second kappa shape index (κ2) is 9.83. The maximum atomic E-state index is 13.7. The molecule has 8 heteroatoms. The van der Waals surface area contributed by atoms with Crippen molar-refractivity contribution in [2.24, 2.45) is 0 Å². The molecule has 174 valence electrons. The Morgan fingerprint density at radius 2 is 1.53 bits per heavy atom. The fourth-order valence-corrected chi connectivity index (χ4v) is 5.50. The third kappa shape index (κ3) is 4.49. The molecule has 1 aliphatic rings. The lowest BCUT2D eigenvalue weighted by Gasteiger charge is -2.32. The Hall–Kier alpha value is -3.42. The highest BCUT2D eigenvalue weighted by atomic mass is 35.5. The van der Waals surface area contributed by atoms with Gasteiger partial charge < -0.3 is 4.74 Å². The summed E-state index contributed by atoms with van der Waals surface area (Å²) in [4.78, 5) is 26.7. The Morgan fingerprint density at radius 3 is 2.21 bits per heavy atom. The summed E-state index contributed by atoms with van der Waals surface area (Å²) in [6.07, 6.45) is 1.23. The Bertz CT molecular complexity index is 1370. The molecule has 0 radical (unpaired) electrons. The number of ether oxygens (including phenoxy) is 1. The Balaban J connectivity index is 1.94. The highest BCUT2D eigenvalue weighted by Gasteiger charge is 2.41. The van der Waals surface area contributed by atoms with Crippen LogP contribution in [0.3, 0.4) is 0 Å². The van der Waals surface area contributed by atoms with Crippen molar-refractivity contribution in [1.82, 2.24) is 4.31 Å². The first-order valence-corrected chi connectivity index (χ1v) is 12.6. The van der Waals surface area contributed by atoms with Gasteiger partial charge in [-0.15, -0.1) is 0 Å². The van der Waals surface area contributed by atoms with Crippen LogP contribution in [0.2, 0.25) is 5.02 Å². The second-order valence-corrected chi connectivity index (χ2v) is 9.96. The van der Waals surface area contributed by atoms with E-state index < -0.39 is 21.8 Å². The zero-order valence-electron chi connectivity index (χ0n) is 18.4. The number of allylic oxidation sites excluding steroid dienone is 1. The predicted molar refractivity (Wildman–Crippen MR) is 130 cm³/mol. The molecule has 0 aliphatic carbocycles. The molecule has 0 saturated heterocycles. The third-order valence-electron chi connectivity index (χ3n) is 5.40. The van der Waals surface area contributed by atoms with Crippen LogP contribution < -0.4 is 0 Å². The summed E-state index contributed by atoms with van der Waals surface area (Å²) in [5.41, 5.74) is 0.487. The van der Waals surface area contributed by atoms with Crippen LogP contribution in [0.25, 0.3) is 5.76 Å². The second-order valence-electron chi connectivity index (χ2n) is 7.70. The largest absolute Gasteiger partial charge is 0.420 e. The minimum atomic E-state index is -4.05. The van der Waals surface area contributed by atoms with E-state index in [1.807, 2.05) is 6.92 Å². The van der Waals surface area contributed by atoms with Crippen LogP contribution in [0, 0.1) is 0 Å². The van der Waals surface area contributed by atoms with E-state index in [-0.39, 0.29) is 39.6 Å². The van der Waals surface area contributed by atoms with E-state index in [0.29, 0.717) is 17.9 Å². The molecule has 3 aromatic carbocycles. The molecule has 6 nitrogen and oxygen atoms in total. The average Bonchev–Trinajstić information content (AvgIpc) is 2.85. The molecule has 0 spiro atoms. The van der Waals surface area contributed by atoms with Crippen molar-refractivity contribution >= 4 is 39.1 Å². The van der Waals surface area contributed by atoms with Gasteiger partial charge in [-0.05, 0) is 42.8 Å². The number of carbonyl (C=O) groups is 2. The number of unbranched alkanes of at least 4 members (excludes halogenated alkanes) is 1. The van der Waals surface area contributed by atoms with Gasteiger partial charge in [0.2, 0.25) is 5.78 Å². The number of Topliss-reactive ketones (excluding diaryl/α,β-unsaturated/α-hetero) is 1. The SMILES string of the molecule is CCCCN1C(C(=O)c2ccccc2)=C(OC(=O)c2ccc(Cl)cc2)c2ccccc2S1(=O)=O. The number of nitrogens with zero attached hydrogens (tertiary/aromatic N) is 1. The van der Waals surface area contributed by atoms with E-state index in [9.17, 15) is 18.0 Å². The van der Waals surface area contributed by atoms with Gasteiger partial charge in [0.15, 0.2) is 5.76 Å². The minimum absolute atomic E-state index is 0.0189. The number of carbonyl (C=O) groups excluding carboxylic acids is 2. The fraction of sp³-hybridized carbons (Fsp3) is 0.154. The van der Waals surface area contributed by atoms with E-state index in [1.165, 1.54) is 24.3 Å². The number of hydrogen-bond donors (Lipinski definition) is 0. The summed E-state index contributed by atoms with van der Waals surface area (Å²) in [6, 6.07) is 20.7. The van der Waals surface area contributed by atoms with Crippen molar-refractivity contribution in [3.05, 3.63) is 106 Å². The van der Waals surface area contributed by atoms with Crippen molar-refractivity contribution < 1.29 is 22.7 Å². The molecule has 0 aromatic heterocycles. The molecule has 34 heavy (non-hydrogen) atoms. The zero-order chi connectivity index (χ0) is 24.3. The lowest BCUT2D eigenvalue weighted by molar-refractivity contribution is 0.0685. The summed E-state index contributed by atoms with van der Waals surface area (Å²) in [7, 11) is -4.05. The molecule has 4 rings (SSSR count). The molecule has 0 fully saturated rings. The Kier molecular flexibility index (Phi) is 6.86. The van der Waals surface area contributed by atoms with Crippen molar-refractivity contribution in [2.45, 2.75) is 24.7 Å². The molecule has 0 amide bonds. The van der Waals surface area contributed by atoms with Crippen LogP contribution in [0.5, 0.6) is 0 Å². The van der Waals surface area contributed by atoms with E-state index >= 15 is 0 Å². The molecule has 0 bridgehead atoms. The molecule has 1 heterocycles. The van der Waals surface area contributed by atoms with Crippen LogP contribution in [0.1, 0.15) is 46.0 Å². The smallest absolute Gasteiger partial charge is 0.343 e. The number of rotatable bonds is 7. The van der Waals surface area contributed by atoms with Crippen molar-refractivity contribution in [2.75, 3.05) is 6.54 Å². The normalized spacial score (nSPS) is 14.5. The average molecular weight is 496 g/mol. The molecule has 0 unspecified atom stereocenters. The van der Waals surface area contributed by atoms with Crippen molar-refractivity contribution in [3.63, 3.8) is 0 Å². The van der Waals surface area contributed by atoms with Gasteiger partial charge in [0.25, 0.3) is 10.0 Å². The Morgan fingerprint density at radius 1 is 0.882 bits per heavy atom. The monoisotopic (exact) mass is 495 g/mol. The molecule has 3 aromatic rings. The highest BCUT2D eigenvalue weighted by molar-refractivity contribution is 7.89. The van der Waals surface area contributed by atoms with E-state index in [0.717, 1.165) is 4.31 Å². The van der Waals surface area contributed by atoms with Gasteiger partial charge >= 0.3 is 5.97 Å². The van der Waals surface area contributed by atoms with Gasteiger partial charge in [-0.2, -0.15) is 0 Å². The lowest BCUT2D eigenvalue weighted by atomic mass is 10.0. The number of fused-ring (bicyclic) bond motifs is 1. The van der Waals surface area contributed by atoms with E-state index in [1.54, 1.807) is 54.6 Å². The summed E-state index contributed by atoms with van der Waals surface area (Å²) < 4.78 is 34.0. The summed E-state index contributed by atoms with van der Waals surface area (Å²) in [6.45, 7) is 2.00. The molecule has 0 saturated carbocycles. The number of esters is 1. The maximum absolute atomic E-state index is 13.7. The van der Waals surface area contributed by atoms with Gasteiger partial charge in [0.1, 0.15) is 5.70 Å². The molecular formula is C26H22ClNO5S. The number of benzene rings is 3. The first-order chi connectivity index (χ1) is 16.3. The molecule has 0 N–H and O–H groups in total. The number of hydrogen-bond acceptors (Lipinski definition) is 5. The Labute approximate surface area is 203 Å². The summed E-state index contributed by atoms with van der Waals surface area (Å²) in [5, 5.41) is 0.454. The topological polar surface area (TPSA) is 80.8 Å². The maximum Gasteiger partial charge on any atom is 0.343 e. The van der Waals surface area contributed by atoms with Crippen LogP contribution in [-0.2, 0) is 14.8 Å². The summed E-state index contributed by atoms with van der Waals surface area (Å²) in [5.74, 6) is -1.36. The number of halogens is 1. The van der Waals surface area contributed by atoms with E-state index in [2.05, 4.69) is 0 Å². The van der Waals surface area contributed by atoms with Gasteiger partial charge in [-0.1, -0.05) is 67.4 Å². The van der Waals surface area contributed by atoms with Gasteiger partial charge in [0, 0.05) is 22.7 Å². The molecule has 0 atom stereocenters. The van der Waals surface area contributed by atoms with Crippen molar-refractivity contribution in [3.8, 4) is 0 Å². The zero-order valence-corrected chi connectivity index (χ0v) is 20.0. The van der Waals surface area contributed by atoms with Crippen LogP contribution in [0.4, 0.5) is 0 Å². The van der Waals surface area contributed by atoms with Gasteiger partial charge in [-0.3, -0.25) is 9.10 Å². The highest BCUT2D eigenvalue weighted by Crippen LogP contribution is 2.39. The van der Waals surface area contributed by atoms with Crippen LogP contribution >= 0.6 is 11.6 Å². The quantitative estimate of drug-likeness (QED) is 0.317. The third-order valence-corrected chi connectivity index (χ3v) is 7.51. The molecular weight excluding hydrogens is 474 g/mol. The van der Waals surface area contributed by atoms with Gasteiger partial charge in [-0.25, -0.2) is 13.2 Å². The fourth-order valence-electron chi connectivity index (χ4n) is 3.68. The van der Waals surface area contributed by atoms with Gasteiger partial charge in [0.05, 0.1) is 10.5 Å². The first kappa shape index (κ1) is 23.7. The number of ketones is 1. The standard InChI is InChI=1S/C26H22ClNO5S/c1-2-3-17-28-23(24(29)18-9-5-4-6-10-18)25(21-11-7-8-12-22(21)34(28,31)32)33-26(30)19-13-15-20(27)16-14-19/h4-16H,2-3,17H2,1H3. The predicted octanol–water partition coefficient (Wildman–Crippen LogP) is 5.55. The lowest BCUT2D eigenvalue weighted by Crippen LogP contribution is -2.39. The van der Waals surface area contributed by atoms with Crippen LogP contribution in [0.15, 0.2) is 89.5 Å². The molecule has 1 aliphatic heterocycles. The van der Waals surface area contributed by atoms with Crippen molar-refractivity contribution in [1.29, 1.82) is 0 Å². The number of sulfonamides is 1.